The van der Waals surface area contributed by atoms with Gasteiger partial charge in [-0.05, 0) is 24.6 Å². The third-order valence-electron chi connectivity index (χ3n) is 1.45. The first-order valence-corrected chi connectivity index (χ1v) is 3.37. The zero-order valence-corrected chi connectivity index (χ0v) is 6.32. The first-order valence-electron chi connectivity index (χ1n) is 3.37. The topological polar surface area (TPSA) is 56.0 Å². The second-order valence-corrected chi connectivity index (χ2v) is 2.39. The standard InChI is InChI=1S/C8H10N2O/c1-6-4-7(2-3-10-6)8(9)5-11/h2-5,8H,9H2,1H3. The predicted molar refractivity (Wildman–Crippen MR) is 42.0 cm³/mol. The van der Waals surface area contributed by atoms with Crippen molar-refractivity contribution in [3.63, 3.8) is 0 Å². The molecule has 3 nitrogen and oxygen atoms in total. The molecular weight excluding hydrogens is 140 g/mol. The van der Waals surface area contributed by atoms with E-state index < -0.39 is 6.04 Å². The van der Waals surface area contributed by atoms with Crippen LogP contribution in [0.2, 0.25) is 0 Å². The van der Waals surface area contributed by atoms with E-state index in [0.29, 0.717) is 0 Å². The van der Waals surface area contributed by atoms with Crippen molar-refractivity contribution in [3.8, 4) is 0 Å². The largest absolute Gasteiger partial charge is 0.318 e. The molecule has 1 aromatic rings. The number of carbonyl (C=O) groups is 1. The summed E-state index contributed by atoms with van der Waals surface area (Å²) in [6, 6.07) is 3.03. The lowest BCUT2D eigenvalue weighted by molar-refractivity contribution is -0.109. The Labute approximate surface area is 65.2 Å². The van der Waals surface area contributed by atoms with Crippen molar-refractivity contribution in [2.24, 2.45) is 5.73 Å². The molecule has 0 aliphatic rings. The Balaban J connectivity index is 2.95. The minimum absolute atomic E-state index is 0.517. The SMILES string of the molecule is Cc1cc(C(N)C=O)ccn1. The van der Waals surface area contributed by atoms with Crippen LogP contribution in [0, 0.1) is 6.92 Å². The van der Waals surface area contributed by atoms with Gasteiger partial charge in [0.05, 0.1) is 6.04 Å². The Bertz CT molecular complexity index is 260. The van der Waals surface area contributed by atoms with Crippen molar-refractivity contribution >= 4 is 6.29 Å². The summed E-state index contributed by atoms with van der Waals surface area (Å²) in [7, 11) is 0. The number of nitrogens with zero attached hydrogens (tertiary/aromatic N) is 1. The zero-order chi connectivity index (χ0) is 8.27. The number of aldehydes is 1. The van der Waals surface area contributed by atoms with Gasteiger partial charge in [0.15, 0.2) is 0 Å². The number of carbonyl (C=O) groups excluding carboxylic acids is 1. The molecule has 1 unspecified atom stereocenters. The van der Waals surface area contributed by atoms with Crippen LogP contribution in [0.4, 0.5) is 0 Å². The highest BCUT2D eigenvalue weighted by molar-refractivity contribution is 5.60. The maximum absolute atomic E-state index is 10.3. The van der Waals surface area contributed by atoms with Crippen LogP contribution in [-0.2, 0) is 4.79 Å². The van der Waals surface area contributed by atoms with Crippen LogP contribution in [0.15, 0.2) is 18.3 Å². The number of nitrogens with two attached hydrogens (primary N) is 1. The van der Waals surface area contributed by atoms with Crippen molar-refractivity contribution in [1.82, 2.24) is 4.98 Å². The number of aromatic nitrogens is 1. The van der Waals surface area contributed by atoms with Crippen molar-refractivity contribution in [2.45, 2.75) is 13.0 Å². The van der Waals surface area contributed by atoms with Gasteiger partial charge in [0.25, 0.3) is 0 Å². The number of aryl methyl sites for hydroxylation is 1. The summed E-state index contributed by atoms with van der Waals surface area (Å²) in [6.07, 6.45) is 2.36. The molecule has 0 fully saturated rings. The third kappa shape index (κ3) is 1.85. The average Bonchev–Trinajstić information content (AvgIpc) is 2.03. The number of rotatable bonds is 2. The second kappa shape index (κ2) is 3.25. The molecule has 0 spiro atoms. The van der Waals surface area contributed by atoms with E-state index in [-0.39, 0.29) is 0 Å². The molecule has 0 radical (unpaired) electrons. The molecule has 0 bridgehead atoms. The monoisotopic (exact) mass is 150 g/mol. The average molecular weight is 150 g/mol. The van der Waals surface area contributed by atoms with Crippen molar-refractivity contribution in [1.29, 1.82) is 0 Å². The molecule has 58 valence electrons. The van der Waals surface area contributed by atoms with Crippen molar-refractivity contribution in [3.05, 3.63) is 29.6 Å². The van der Waals surface area contributed by atoms with Gasteiger partial charge < -0.3 is 10.5 Å². The first kappa shape index (κ1) is 7.88. The first-order chi connectivity index (χ1) is 5.24. The van der Waals surface area contributed by atoms with E-state index >= 15 is 0 Å². The summed E-state index contributed by atoms with van der Waals surface area (Å²) in [4.78, 5) is 14.3. The summed E-state index contributed by atoms with van der Waals surface area (Å²) in [5, 5.41) is 0. The van der Waals surface area contributed by atoms with E-state index in [9.17, 15) is 4.79 Å². The maximum Gasteiger partial charge on any atom is 0.141 e. The number of hydrogen-bond acceptors (Lipinski definition) is 3. The molecule has 0 saturated heterocycles. The molecule has 1 aromatic heterocycles. The smallest absolute Gasteiger partial charge is 0.141 e. The van der Waals surface area contributed by atoms with Crippen LogP contribution in [-0.4, -0.2) is 11.3 Å². The Hall–Kier alpha value is -1.22. The number of pyridine rings is 1. The summed E-state index contributed by atoms with van der Waals surface area (Å²) in [5.74, 6) is 0. The van der Waals surface area contributed by atoms with Gasteiger partial charge in [-0.25, -0.2) is 0 Å². The molecule has 1 rings (SSSR count). The van der Waals surface area contributed by atoms with Crippen molar-refractivity contribution in [2.75, 3.05) is 0 Å². The van der Waals surface area contributed by atoms with Crippen LogP contribution >= 0.6 is 0 Å². The lowest BCUT2D eigenvalue weighted by atomic mass is 10.1. The molecule has 0 aliphatic heterocycles. The summed E-state index contributed by atoms with van der Waals surface area (Å²) >= 11 is 0. The van der Waals surface area contributed by atoms with E-state index in [1.54, 1.807) is 18.3 Å². The molecule has 0 aliphatic carbocycles. The fraction of sp³-hybridized carbons (Fsp3) is 0.250. The zero-order valence-electron chi connectivity index (χ0n) is 6.32. The molecule has 2 N–H and O–H groups in total. The highest BCUT2D eigenvalue weighted by Crippen LogP contribution is 2.07. The van der Waals surface area contributed by atoms with Gasteiger partial charge >= 0.3 is 0 Å². The lowest BCUT2D eigenvalue weighted by Gasteiger charge is -2.03. The van der Waals surface area contributed by atoms with Crippen LogP contribution in [0.1, 0.15) is 17.3 Å². The van der Waals surface area contributed by atoms with Crippen LogP contribution in [0.25, 0.3) is 0 Å². The van der Waals surface area contributed by atoms with E-state index in [0.717, 1.165) is 17.5 Å². The summed E-state index contributed by atoms with van der Waals surface area (Å²) in [5.41, 5.74) is 7.15. The Morgan fingerprint density at radius 3 is 3.00 bits per heavy atom. The highest BCUT2D eigenvalue weighted by atomic mass is 16.1. The minimum atomic E-state index is -0.517. The van der Waals surface area contributed by atoms with E-state index in [1.807, 2.05) is 6.92 Å². The van der Waals surface area contributed by atoms with Crippen molar-refractivity contribution < 1.29 is 4.79 Å². The van der Waals surface area contributed by atoms with Gasteiger partial charge in [0.2, 0.25) is 0 Å². The molecule has 1 atom stereocenters. The molecule has 3 heteroatoms. The highest BCUT2D eigenvalue weighted by Gasteiger charge is 2.02. The van der Waals surface area contributed by atoms with Gasteiger partial charge in [-0.2, -0.15) is 0 Å². The van der Waals surface area contributed by atoms with Gasteiger partial charge in [0, 0.05) is 11.9 Å². The molecule has 0 saturated carbocycles. The van der Waals surface area contributed by atoms with Gasteiger partial charge in [0.1, 0.15) is 6.29 Å². The van der Waals surface area contributed by atoms with E-state index in [1.165, 1.54) is 0 Å². The molecular formula is C8H10N2O. The molecule has 0 aromatic carbocycles. The molecule has 1 heterocycles. The fourth-order valence-corrected chi connectivity index (χ4v) is 0.853. The number of hydrogen-bond donors (Lipinski definition) is 1. The summed E-state index contributed by atoms with van der Waals surface area (Å²) < 4.78 is 0. The quantitative estimate of drug-likeness (QED) is 0.628. The Morgan fingerprint density at radius 1 is 1.73 bits per heavy atom. The van der Waals surface area contributed by atoms with Gasteiger partial charge in [-0.15, -0.1) is 0 Å². The lowest BCUT2D eigenvalue weighted by Crippen LogP contribution is -2.11. The van der Waals surface area contributed by atoms with E-state index in [4.69, 9.17) is 5.73 Å². The Morgan fingerprint density at radius 2 is 2.45 bits per heavy atom. The predicted octanol–water partition coefficient (Wildman–Crippen LogP) is 0.589. The molecule has 0 amide bonds. The van der Waals surface area contributed by atoms with Crippen LogP contribution in [0.3, 0.4) is 0 Å². The van der Waals surface area contributed by atoms with Gasteiger partial charge in [-0.1, -0.05) is 0 Å². The van der Waals surface area contributed by atoms with Crippen LogP contribution < -0.4 is 5.73 Å². The van der Waals surface area contributed by atoms with Gasteiger partial charge in [-0.3, -0.25) is 4.98 Å². The third-order valence-corrected chi connectivity index (χ3v) is 1.45. The normalized spacial score (nSPS) is 12.5. The fourth-order valence-electron chi connectivity index (χ4n) is 0.853. The Kier molecular flexibility index (Phi) is 2.33. The molecule has 11 heavy (non-hydrogen) atoms. The van der Waals surface area contributed by atoms with E-state index in [2.05, 4.69) is 4.98 Å². The summed E-state index contributed by atoms with van der Waals surface area (Å²) in [6.45, 7) is 1.86. The van der Waals surface area contributed by atoms with Crippen LogP contribution in [0.5, 0.6) is 0 Å². The minimum Gasteiger partial charge on any atom is -0.318 e. The second-order valence-electron chi connectivity index (χ2n) is 2.39. The maximum atomic E-state index is 10.3.